The SMILES string of the molecule is CC(=O)OC(C)(C)C(=O)OC[C@@H]1C=C[C@H](n2cc(F)c(=O)[nH]c2=O)O1. The van der Waals surface area contributed by atoms with Gasteiger partial charge in [0.2, 0.25) is 11.4 Å². The molecular weight excluding hydrogens is 339 g/mol. The number of aromatic amines is 1. The van der Waals surface area contributed by atoms with Crippen LogP contribution < -0.4 is 11.2 Å². The van der Waals surface area contributed by atoms with Crippen LogP contribution in [0.3, 0.4) is 0 Å². The van der Waals surface area contributed by atoms with Crippen molar-refractivity contribution in [3.05, 3.63) is 45.0 Å². The van der Waals surface area contributed by atoms with Crippen molar-refractivity contribution in [1.29, 1.82) is 0 Å². The molecule has 2 rings (SSSR count). The number of carbonyl (C=O) groups excluding carboxylic acids is 2. The summed E-state index contributed by atoms with van der Waals surface area (Å²) >= 11 is 0. The van der Waals surface area contributed by atoms with Crippen LogP contribution in [0, 0.1) is 5.82 Å². The number of aromatic nitrogens is 2. The zero-order chi connectivity index (χ0) is 18.8. The van der Waals surface area contributed by atoms with Crippen molar-refractivity contribution in [2.75, 3.05) is 6.61 Å². The fourth-order valence-electron chi connectivity index (χ4n) is 2.12. The highest BCUT2D eigenvalue weighted by atomic mass is 19.1. The van der Waals surface area contributed by atoms with Gasteiger partial charge in [0.15, 0.2) is 6.23 Å². The van der Waals surface area contributed by atoms with Crippen LogP contribution in [0.2, 0.25) is 0 Å². The summed E-state index contributed by atoms with van der Waals surface area (Å²) in [4.78, 5) is 47.4. The minimum absolute atomic E-state index is 0.197. The van der Waals surface area contributed by atoms with Crippen LogP contribution in [0.25, 0.3) is 0 Å². The van der Waals surface area contributed by atoms with E-state index in [9.17, 15) is 23.6 Å². The van der Waals surface area contributed by atoms with Gasteiger partial charge in [-0.25, -0.2) is 9.59 Å². The van der Waals surface area contributed by atoms with Crippen LogP contribution in [-0.4, -0.2) is 39.8 Å². The smallest absolute Gasteiger partial charge is 0.350 e. The van der Waals surface area contributed by atoms with E-state index in [1.54, 1.807) is 0 Å². The zero-order valence-electron chi connectivity index (χ0n) is 13.8. The van der Waals surface area contributed by atoms with Crippen molar-refractivity contribution in [2.24, 2.45) is 0 Å². The largest absolute Gasteiger partial charge is 0.460 e. The number of carbonyl (C=O) groups is 2. The van der Waals surface area contributed by atoms with Gasteiger partial charge in [-0.15, -0.1) is 0 Å². The third-order valence-electron chi connectivity index (χ3n) is 3.27. The van der Waals surface area contributed by atoms with Crippen molar-refractivity contribution >= 4 is 11.9 Å². The van der Waals surface area contributed by atoms with Crippen LogP contribution in [0.15, 0.2) is 27.9 Å². The third-order valence-corrected chi connectivity index (χ3v) is 3.27. The zero-order valence-corrected chi connectivity index (χ0v) is 13.8. The maximum Gasteiger partial charge on any atom is 0.350 e. The molecule has 1 aliphatic heterocycles. The van der Waals surface area contributed by atoms with Crippen molar-refractivity contribution in [1.82, 2.24) is 9.55 Å². The number of ether oxygens (including phenoxy) is 3. The summed E-state index contributed by atoms with van der Waals surface area (Å²) in [5, 5.41) is 0. The predicted molar refractivity (Wildman–Crippen MR) is 81.1 cm³/mol. The van der Waals surface area contributed by atoms with Crippen molar-refractivity contribution in [2.45, 2.75) is 38.7 Å². The summed E-state index contributed by atoms with van der Waals surface area (Å²) in [6.07, 6.45) is 2.06. The van der Waals surface area contributed by atoms with E-state index in [0.717, 1.165) is 10.8 Å². The molecule has 9 nitrogen and oxygen atoms in total. The monoisotopic (exact) mass is 356 g/mol. The molecule has 0 saturated carbocycles. The Labute approximate surface area is 141 Å². The fourth-order valence-corrected chi connectivity index (χ4v) is 2.12. The average Bonchev–Trinajstić information content (AvgIpc) is 2.95. The number of hydrogen-bond donors (Lipinski definition) is 1. The van der Waals surface area contributed by atoms with E-state index in [2.05, 4.69) is 0 Å². The lowest BCUT2D eigenvalue weighted by Gasteiger charge is -2.23. The lowest BCUT2D eigenvalue weighted by molar-refractivity contribution is -0.179. The van der Waals surface area contributed by atoms with E-state index >= 15 is 0 Å². The van der Waals surface area contributed by atoms with Gasteiger partial charge in [-0.1, -0.05) is 6.08 Å². The molecule has 0 radical (unpaired) electrons. The second-order valence-corrected chi connectivity index (χ2v) is 5.80. The third kappa shape index (κ3) is 4.41. The van der Waals surface area contributed by atoms with Crippen LogP contribution >= 0.6 is 0 Å². The Morgan fingerprint density at radius 2 is 2.04 bits per heavy atom. The topological polar surface area (TPSA) is 117 Å². The molecule has 2 heterocycles. The number of halogens is 1. The van der Waals surface area contributed by atoms with Gasteiger partial charge in [-0.05, 0) is 19.9 Å². The molecule has 0 aromatic carbocycles. The van der Waals surface area contributed by atoms with Crippen molar-refractivity contribution < 1.29 is 28.2 Å². The Morgan fingerprint density at radius 3 is 2.68 bits per heavy atom. The first kappa shape index (κ1) is 18.6. The summed E-state index contributed by atoms with van der Waals surface area (Å²) in [6.45, 7) is 3.74. The summed E-state index contributed by atoms with van der Waals surface area (Å²) in [7, 11) is 0. The first-order valence-electron chi connectivity index (χ1n) is 7.31. The second-order valence-electron chi connectivity index (χ2n) is 5.80. The Bertz CT molecular complexity index is 824. The van der Waals surface area contributed by atoms with Gasteiger partial charge in [0, 0.05) is 6.92 Å². The molecule has 0 aliphatic carbocycles. The van der Waals surface area contributed by atoms with Gasteiger partial charge < -0.3 is 14.2 Å². The average molecular weight is 356 g/mol. The number of esters is 2. The minimum Gasteiger partial charge on any atom is -0.460 e. The molecular formula is C15H17FN2O7. The van der Waals surface area contributed by atoms with Crippen LogP contribution in [-0.2, 0) is 23.8 Å². The van der Waals surface area contributed by atoms with Gasteiger partial charge >= 0.3 is 17.6 Å². The van der Waals surface area contributed by atoms with E-state index in [1.165, 1.54) is 32.9 Å². The molecule has 0 fully saturated rings. The Hall–Kier alpha value is -2.75. The molecule has 1 aromatic heterocycles. The lowest BCUT2D eigenvalue weighted by atomic mass is 10.1. The van der Waals surface area contributed by atoms with Gasteiger partial charge in [0.05, 0.1) is 6.20 Å². The molecule has 25 heavy (non-hydrogen) atoms. The molecule has 0 unspecified atom stereocenters. The van der Waals surface area contributed by atoms with Crippen LogP contribution in [0.1, 0.15) is 27.0 Å². The Balaban J connectivity index is 1.96. The summed E-state index contributed by atoms with van der Waals surface area (Å²) in [5.74, 6) is -2.52. The van der Waals surface area contributed by atoms with Gasteiger partial charge in [-0.3, -0.25) is 19.1 Å². The van der Waals surface area contributed by atoms with Crippen LogP contribution in [0.5, 0.6) is 0 Å². The number of nitrogens with one attached hydrogen (secondary N) is 1. The molecule has 0 bridgehead atoms. The molecule has 10 heteroatoms. The highest BCUT2D eigenvalue weighted by Gasteiger charge is 2.34. The first-order chi connectivity index (χ1) is 11.6. The normalized spacial score (nSPS) is 19.7. The Morgan fingerprint density at radius 1 is 1.36 bits per heavy atom. The first-order valence-corrected chi connectivity index (χ1v) is 7.31. The quantitative estimate of drug-likeness (QED) is 0.583. The highest BCUT2D eigenvalue weighted by Crippen LogP contribution is 2.20. The fraction of sp³-hybridized carbons (Fsp3) is 0.467. The number of nitrogens with zero attached hydrogens (tertiary/aromatic N) is 1. The van der Waals surface area contributed by atoms with Crippen molar-refractivity contribution in [3.63, 3.8) is 0 Å². The summed E-state index contributed by atoms with van der Waals surface area (Å²) < 4.78 is 29.5. The molecule has 0 saturated heterocycles. The van der Waals surface area contributed by atoms with E-state index in [-0.39, 0.29) is 6.61 Å². The summed E-state index contributed by atoms with van der Waals surface area (Å²) in [5.41, 5.74) is -3.41. The lowest BCUT2D eigenvalue weighted by Crippen LogP contribution is -2.39. The highest BCUT2D eigenvalue weighted by molar-refractivity contribution is 5.82. The predicted octanol–water partition coefficient (Wildman–Crippen LogP) is 0.0142. The Kier molecular flexibility index (Phi) is 5.21. The number of H-pyrrole nitrogens is 1. The molecule has 1 aliphatic rings. The van der Waals surface area contributed by atoms with Gasteiger partial charge in [-0.2, -0.15) is 4.39 Å². The van der Waals surface area contributed by atoms with E-state index in [4.69, 9.17) is 14.2 Å². The van der Waals surface area contributed by atoms with E-state index in [1.807, 2.05) is 4.98 Å². The maximum atomic E-state index is 13.3. The van der Waals surface area contributed by atoms with Gasteiger partial charge in [0.25, 0.3) is 5.56 Å². The van der Waals surface area contributed by atoms with Crippen LogP contribution in [0.4, 0.5) is 4.39 Å². The standard InChI is InChI=1S/C15H17FN2O7/c1-8(19)25-15(2,3)13(21)23-7-9-4-5-11(24-9)18-6-10(16)12(20)17-14(18)22/h4-6,9,11H,7H2,1-3H3,(H,17,20,22)/t9-,11+/m0/s1. The van der Waals surface area contributed by atoms with Gasteiger partial charge in [0.1, 0.15) is 12.7 Å². The van der Waals surface area contributed by atoms with Crippen molar-refractivity contribution in [3.8, 4) is 0 Å². The molecule has 1 aromatic rings. The molecule has 0 spiro atoms. The number of hydrogen-bond acceptors (Lipinski definition) is 7. The molecule has 136 valence electrons. The molecule has 0 amide bonds. The summed E-state index contributed by atoms with van der Waals surface area (Å²) in [6, 6.07) is 0. The van der Waals surface area contributed by atoms with E-state index < -0.39 is 46.9 Å². The minimum atomic E-state index is -1.45. The second kappa shape index (κ2) is 7.01. The number of rotatable bonds is 5. The van der Waals surface area contributed by atoms with E-state index in [0.29, 0.717) is 0 Å². The molecule has 1 N–H and O–H groups in total. The molecule has 2 atom stereocenters. The maximum absolute atomic E-state index is 13.3.